The summed E-state index contributed by atoms with van der Waals surface area (Å²) in [6.45, 7) is 4.45. The average Bonchev–Trinajstić information content (AvgIpc) is 2.53. The SMILES string of the molecule is NCCCNCCCN(CCCN)C(=O)Cc1cccc(O)c1. The summed E-state index contributed by atoms with van der Waals surface area (Å²) in [4.78, 5) is 14.3. The summed E-state index contributed by atoms with van der Waals surface area (Å²) in [5, 5.41) is 12.8. The minimum atomic E-state index is 0.0750. The van der Waals surface area contributed by atoms with Gasteiger partial charge in [0.2, 0.25) is 5.91 Å². The zero-order chi connectivity index (χ0) is 16.9. The maximum atomic E-state index is 12.5. The van der Waals surface area contributed by atoms with E-state index < -0.39 is 0 Å². The molecule has 0 radical (unpaired) electrons. The normalized spacial score (nSPS) is 10.7. The number of carbonyl (C=O) groups is 1. The summed E-state index contributed by atoms with van der Waals surface area (Å²) in [6, 6.07) is 6.84. The molecule has 0 aliphatic rings. The van der Waals surface area contributed by atoms with E-state index in [1.165, 1.54) is 0 Å². The molecule has 0 bridgehead atoms. The maximum Gasteiger partial charge on any atom is 0.226 e. The standard InChI is InChI=1S/C17H30N4O2/c18-7-2-9-20-10-4-12-21(11-3-8-19)17(23)14-15-5-1-6-16(22)13-15/h1,5-6,13,20,22H,2-4,7-12,14,18-19H2. The van der Waals surface area contributed by atoms with Crippen molar-refractivity contribution in [1.29, 1.82) is 0 Å². The van der Waals surface area contributed by atoms with Crippen LogP contribution >= 0.6 is 0 Å². The van der Waals surface area contributed by atoms with E-state index in [9.17, 15) is 9.90 Å². The molecule has 0 unspecified atom stereocenters. The molecular formula is C17H30N4O2. The first-order valence-electron chi connectivity index (χ1n) is 8.34. The van der Waals surface area contributed by atoms with Crippen LogP contribution in [0.4, 0.5) is 0 Å². The Balaban J connectivity index is 2.43. The van der Waals surface area contributed by atoms with E-state index in [1.807, 2.05) is 11.0 Å². The number of hydrogen-bond donors (Lipinski definition) is 4. The quantitative estimate of drug-likeness (QED) is 0.418. The number of nitrogens with zero attached hydrogens (tertiary/aromatic N) is 1. The Morgan fingerprint density at radius 2 is 1.78 bits per heavy atom. The zero-order valence-corrected chi connectivity index (χ0v) is 13.8. The van der Waals surface area contributed by atoms with Crippen molar-refractivity contribution >= 4 is 5.91 Å². The monoisotopic (exact) mass is 322 g/mol. The third-order valence-electron chi connectivity index (χ3n) is 3.59. The molecule has 0 atom stereocenters. The first-order chi connectivity index (χ1) is 11.2. The highest BCUT2D eigenvalue weighted by Gasteiger charge is 2.13. The summed E-state index contributed by atoms with van der Waals surface area (Å²) in [7, 11) is 0. The fourth-order valence-electron chi connectivity index (χ4n) is 2.34. The lowest BCUT2D eigenvalue weighted by Crippen LogP contribution is -2.36. The molecule has 0 saturated heterocycles. The second kappa shape index (κ2) is 11.9. The van der Waals surface area contributed by atoms with Gasteiger partial charge in [-0.3, -0.25) is 4.79 Å². The smallest absolute Gasteiger partial charge is 0.226 e. The average molecular weight is 322 g/mol. The van der Waals surface area contributed by atoms with E-state index in [2.05, 4.69) is 5.32 Å². The van der Waals surface area contributed by atoms with Crippen molar-refractivity contribution in [3.8, 4) is 5.75 Å². The number of hydrogen-bond acceptors (Lipinski definition) is 5. The predicted octanol–water partition coefficient (Wildman–Crippen LogP) is 0.441. The van der Waals surface area contributed by atoms with Crippen LogP contribution in [0.3, 0.4) is 0 Å². The maximum absolute atomic E-state index is 12.5. The first-order valence-corrected chi connectivity index (χ1v) is 8.34. The second-order valence-corrected chi connectivity index (χ2v) is 5.62. The molecule has 23 heavy (non-hydrogen) atoms. The van der Waals surface area contributed by atoms with E-state index in [0.29, 0.717) is 32.6 Å². The van der Waals surface area contributed by atoms with Gasteiger partial charge in [0.05, 0.1) is 6.42 Å². The number of amides is 1. The summed E-state index contributed by atoms with van der Waals surface area (Å²) < 4.78 is 0. The van der Waals surface area contributed by atoms with Crippen molar-refractivity contribution in [2.24, 2.45) is 11.5 Å². The highest BCUT2D eigenvalue weighted by molar-refractivity contribution is 5.78. The van der Waals surface area contributed by atoms with E-state index in [0.717, 1.165) is 37.9 Å². The van der Waals surface area contributed by atoms with Crippen LogP contribution in [0.15, 0.2) is 24.3 Å². The fraction of sp³-hybridized carbons (Fsp3) is 0.588. The van der Waals surface area contributed by atoms with Crippen LogP contribution in [-0.2, 0) is 11.2 Å². The number of rotatable bonds is 12. The number of nitrogens with two attached hydrogens (primary N) is 2. The molecule has 130 valence electrons. The van der Waals surface area contributed by atoms with Gasteiger partial charge in [-0.2, -0.15) is 0 Å². The molecule has 6 nitrogen and oxygen atoms in total. The van der Waals surface area contributed by atoms with Gasteiger partial charge in [0.25, 0.3) is 0 Å². The number of benzene rings is 1. The second-order valence-electron chi connectivity index (χ2n) is 5.62. The number of phenolic OH excluding ortho intramolecular Hbond substituents is 1. The van der Waals surface area contributed by atoms with Crippen molar-refractivity contribution in [3.63, 3.8) is 0 Å². The molecule has 0 spiro atoms. The van der Waals surface area contributed by atoms with Crippen LogP contribution in [0, 0.1) is 0 Å². The van der Waals surface area contributed by atoms with Crippen LogP contribution in [0.2, 0.25) is 0 Å². The minimum Gasteiger partial charge on any atom is -0.508 e. The third kappa shape index (κ3) is 8.54. The van der Waals surface area contributed by atoms with Gasteiger partial charge in [0.15, 0.2) is 0 Å². The van der Waals surface area contributed by atoms with E-state index >= 15 is 0 Å². The summed E-state index contributed by atoms with van der Waals surface area (Å²) in [6.07, 6.45) is 2.97. The number of phenols is 1. The molecule has 0 saturated carbocycles. The van der Waals surface area contributed by atoms with Gasteiger partial charge in [-0.15, -0.1) is 0 Å². The van der Waals surface area contributed by atoms with Crippen LogP contribution in [0.25, 0.3) is 0 Å². The minimum absolute atomic E-state index is 0.0750. The van der Waals surface area contributed by atoms with Gasteiger partial charge < -0.3 is 26.8 Å². The summed E-state index contributed by atoms with van der Waals surface area (Å²) >= 11 is 0. The van der Waals surface area contributed by atoms with Crippen molar-refractivity contribution in [2.45, 2.75) is 25.7 Å². The highest BCUT2D eigenvalue weighted by atomic mass is 16.3. The fourth-order valence-corrected chi connectivity index (χ4v) is 2.34. The molecule has 6 N–H and O–H groups in total. The summed E-state index contributed by atoms with van der Waals surface area (Å²) in [5.41, 5.74) is 11.8. The number of nitrogens with one attached hydrogen (secondary N) is 1. The lowest BCUT2D eigenvalue weighted by atomic mass is 10.1. The Morgan fingerprint density at radius 3 is 2.48 bits per heavy atom. The first kappa shape index (κ1) is 19.4. The topological polar surface area (TPSA) is 105 Å². The van der Waals surface area contributed by atoms with Crippen molar-refractivity contribution in [1.82, 2.24) is 10.2 Å². The molecule has 0 aromatic heterocycles. The van der Waals surface area contributed by atoms with Crippen LogP contribution in [-0.4, -0.2) is 55.2 Å². The Kier molecular flexibility index (Phi) is 10.0. The number of aromatic hydroxyl groups is 1. The van der Waals surface area contributed by atoms with E-state index in [-0.39, 0.29) is 11.7 Å². The van der Waals surface area contributed by atoms with Gasteiger partial charge in [-0.25, -0.2) is 0 Å². The molecule has 6 heteroatoms. The molecular weight excluding hydrogens is 292 g/mol. The van der Waals surface area contributed by atoms with Gasteiger partial charge >= 0.3 is 0 Å². The van der Waals surface area contributed by atoms with Gasteiger partial charge in [-0.05, 0) is 63.1 Å². The van der Waals surface area contributed by atoms with Gasteiger partial charge in [0.1, 0.15) is 5.75 Å². The molecule has 0 fully saturated rings. The highest BCUT2D eigenvalue weighted by Crippen LogP contribution is 2.12. The number of carbonyl (C=O) groups excluding carboxylic acids is 1. The lowest BCUT2D eigenvalue weighted by molar-refractivity contribution is -0.130. The Morgan fingerprint density at radius 1 is 1.09 bits per heavy atom. The largest absolute Gasteiger partial charge is 0.508 e. The Bertz CT molecular complexity index is 454. The zero-order valence-electron chi connectivity index (χ0n) is 13.8. The molecule has 1 amide bonds. The summed E-state index contributed by atoms with van der Waals surface area (Å²) in [5.74, 6) is 0.263. The van der Waals surface area contributed by atoms with Crippen molar-refractivity contribution in [2.75, 3.05) is 39.3 Å². The molecule has 0 heterocycles. The van der Waals surface area contributed by atoms with Crippen LogP contribution < -0.4 is 16.8 Å². The van der Waals surface area contributed by atoms with Crippen LogP contribution in [0.1, 0.15) is 24.8 Å². The predicted molar refractivity (Wildman–Crippen MR) is 93.2 cm³/mol. The van der Waals surface area contributed by atoms with E-state index in [4.69, 9.17) is 11.5 Å². The van der Waals surface area contributed by atoms with Gasteiger partial charge in [-0.1, -0.05) is 12.1 Å². The lowest BCUT2D eigenvalue weighted by Gasteiger charge is -2.23. The van der Waals surface area contributed by atoms with Crippen molar-refractivity contribution in [3.05, 3.63) is 29.8 Å². The molecule has 0 aliphatic heterocycles. The van der Waals surface area contributed by atoms with E-state index in [1.54, 1.807) is 18.2 Å². The Hall–Kier alpha value is -1.63. The molecule has 1 rings (SSSR count). The molecule has 1 aromatic rings. The van der Waals surface area contributed by atoms with Gasteiger partial charge in [0, 0.05) is 13.1 Å². The van der Waals surface area contributed by atoms with Crippen molar-refractivity contribution < 1.29 is 9.90 Å². The van der Waals surface area contributed by atoms with Crippen LogP contribution in [0.5, 0.6) is 5.75 Å². The Labute approximate surface area is 138 Å². The molecule has 1 aromatic carbocycles. The molecule has 0 aliphatic carbocycles. The third-order valence-corrected chi connectivity index (χ3v) is 3.59.